The van der Waals surface area contributed by atoms with Crippen LogP contribution in [0.25, 0.3) is 11.3 Å². The molecule has 2 aromatic rings. The number of nitrogens with two attached hydrogens (primary N) is 2. The van der Waals surface area contributed by atoms with Crippen LogP contribution in [0.15, 0.2) is 30.3 Å². The van der Waals surface area contributed by atoms with Crippen LogP contribution in [0.1, 0.15) is 17.3 Å². The molecule has 1 aromatic carbocycles. The zero-order valence-electron chi connectivity index (χ0n) is 10.1. The molecule has 0 fully saturated rings. The molecule has 0 saturated carbocycles. The number of hydrogen-bond donors (Lipinski definition) is 3. The highest BCUT2D eigenvalue weighted by atomic mass is 16.5. The van der Waals surface area contributed by atoms with Gasteiger partial charge in [0.25, 0.3) is 0 Å². The lowest BCUT2D eigenvalue weighted by Crippen LogP contribution is -2.05. The van der Waals surface area contributed by atoms with E-state index in [-0.39, 0.29) is 0 Å². The third-order valence-electron chi connectivity index (χ3n) is 2.54. The Morgan fingerprint density at radius 3 is 2.78 bits per heavy atom. The van der Waals surface area contributed by atoms with Gasteiger partial charge in [-0.25, -0.2) is 4.79 Å². The first kappa shape index (κ1) is 12.0. The molecule has 0 spiro atoms. The normalized spacial score (nSPS) is 10.3. The van der Waals surface area contributed by atoms with E-state index in [2.05, 4.69) is 4.98 Å². The van der Waals surface area contributed by atoms with Gasteiger partial charge in [-0.3, -0.25) is 0 Å². The average molecular weight is 245 g/mol. The van der Waals surface area contributed by atoms with Crippen LogP contribution in [0.5, 0.6) is 0 Å². The van der Waals surface area contributed by atoms with Crippen molar-refractivity contribution >= 4 is 17.5 Å². The van der Waals surface area contributed by atoms with E-state index in [1.165, 1.54) is 0 Å². The van der Waals surface area contributed by atoms with E-state index >= 15 is 0 Å². The largest absolute Gasteiger partial charge is 0.462 e. The molecule has 5 heteroatoms. The van der Waals surface area contributed by atoms with Crippen molar-refractivity contribution in [3.05, 3.63) is 35.9 Å². The third-order valence-corrected chi connectivity index (χ3v) is 2.54. The van der Waals surface area contributed by atoms with Crippen molar-refractivity contribution in [2.45, 2.75) is 6.92 Å². The SMILES string of the molecule is CCOC(=O)c1cc(-c2cccc(N)c2)[nH]c1N. The molecule has 0 bridgehead atoms. The van der Waals surface area contributed by atoms with E-state index in [1.807, 2.05) is 12.1 Å². The average Bonchev–Trinajstić information content (AvgIpc) is 2.72. The van der Waals surface area contributed by atoms with Gasteiger partial charge in [-0.15, -0.1) is 0 Å². The van der Waals surface area contributed by atoms with E-state index in [0.29, 0.717) is 23.7 Å². The Labute approximate surface area is 105 Å². The van der Waals surface area contributed by atoms with Crippen LogP contribution >= 0.6 is 0 Å². The Bertz CT molecular complexity index is 575. The fourth-order valence-corrected chi connectivity index (χ4v) is 1.71. The molecule has 5 N–H and O–H groups in total. The van der Waals surface area contributed by atoms with Gasteiger partial charge in [-0.05, 0) is 25.1 Å². The zero-order valence-corrected chi connectivity index (χ0v) is 10.1. The molecule has 0 atom stereocenters. The summed E-state index contributed by atoms with van der Waals surface area (Å²) in [6.07, 6.45) is 0. The number of nitrogen functional groups attached to an aromatic ring is 2. The second kappa shape index (κ2) is 4.83. The minimum atomic E-state index is -0.429. The highest BCUT2D eigenvalue weighted by Gasteiger charge is 2.15. The molecule has 0 aliphatic carbocycles. The van der Waals surface area contributed by atoms with Crippen molar-refractivity contribution in [2.75, 3.05) is 18.1 Å². The Morgan fingerprint density at radius 2 is 2.11 bits per heavy atom. The number of esters is 1. The Balaban J connectivity index is 2.37. The maximum atomic E-state index is 11.6. The number of carbonyl (C=O) groups excluding carboxylic acids is 1. The summed E-state index contributed by atoms with van der Waals surface area (Å²) in [5.41, 5.74) is 14.1. The van der Waals surface area contributed by atoms with Crippen LogP contribution in [0, 0.1) is 0 Å². The highest BCUT2D eigenvalue weighted by molar-refractivity contribution is 5.96. The lowest BCUT2D eigenvalue weighted by atomic mass is 10.1. The van der Waals surface area contributed by atoms with E-state index < -0.39 is 5.97 Å². The molecule has 0 aliphatic heterocycles. The Morgan fingerprint density at radius 1 is 1.33 bits per heavy atom. The number of H-pyrrole nitrogens is 1. The minimum Gasteiger partial charge on any atom is -0.462 e. The second-order valence-corrected chi connectivity index (χ2v) is 3.86. The predicted octanol–water partition coefficient (Wildman–Crippen LogP) is 2.02. The summed E-state index contributed by atoms with van der Waals surface area (Å²) in [7, 11) is 0. The number of anilines is 2. The van der Waals surface area contributed by atoms with Crippen molar-refractivity contribution in [1.29, 1.82) is 0 Å². The third kappa shape index (κ3) is 2.29. The van der Waals surface area contributed by atoms with Crippen molar-refractivity contribution in [3.63, 3.8) is 0 Å². The number of nitrogens with one attached hydrogen (secondary N) is 1. The van der Waals surface area contributed by atoms with E-state index in [4.69, 9.17) is 16.2 Å². The molecule has 1 heterocycles. The van der Waals surface area contributed by atoms with Gasteiger partial charge < -0.3 is 21.2 Å². The molecular formula is C13H15N3O2. The first-order chi connectivity index (χ1) is 8.61. The molecular weight excluding hydrogens is 230 g/mol. The van der Waals surface area contributed by atoms with Crippen molar-refractivity contribution in [3.8, 4) is 11.3 Å². The molecule has 0 saturated heterocycles. The topological polar surface area (TPSA) is 94.1 Å². The maximum Gasteiger partial charge on any atom is 0.341 e. The first-order valence-corrected chi connectivity index (χ1v) is 5.63. The second-order valence-electron chi connectivity index (χ2n) is 3.86. The van der Waals surface area contributed by atoms with E-state index in [9.17, 15) is 4.79 Å². The summed E-state index contributed by atoms with van der Waals surface area (Å²) in [4.78, 5) is 14.6. The van der Waals surface area contributed by atoms with Crippen LogP contribution in [0.2, 0.25) is 0 Å². The Kier molecular flexibility index (Phi) is 3.23. The molecule has 18 heavy (non-hydrogen) atoms. The van der Waals surface area contributed by atoms with Gasteiger partial charge in [0.15, 0.2) is 0 Å². The van der Waals surface area contributed by atoms with Gasteiger partial charge in [0, 0.05) is 16.9 Å². The number of ether oxygens (including phenoxy) is 1. The summed E-state index contributed by atoms with van der Waals surface area (Å²) in [5.74, 6) is -0.132. The van der Waals surface area contributed by atoms with Gasteiger partial charge in [0.05, 0.1) is 6.61 Å². The van der Waals surface area contributed by atoms with Gasteiger partial charge >= 0.3 is 5.97 Å². The molecule has 94 valence electrons. The van der Waals surface area contributed by atoms with Crippen LogP contribution < -0.4 is 11.5 Å². The molecule has 0 aliphatic rings. The van der Waals surface area contributed by atoms with Crippen LogP contribution in [-0.4, -0.2) is 17.6 Å². The number of benzene rings is 1. The fourth-order valence-electron chi connectivity index (χ4n) is 1.71. The van der Waals surface area contributed by atoms with Crippen LogP contribution in [-0.2, 0) is 4.74 Å². The molecule has 0 amide bonds. The summed E-state index contributed by atoms with van der Waals surface area (Å²) < 4.78 is 4.92. The predicted molar refractivity (Wildman–Crippen MR) is 71.0 cm³/mol. The molecule has 5 nitrogen and oxygen atoms in total. The monoisotopic (exact) mass is 245 g/mol. The van der Waals surface area contributed by atoms with Crippen molar-refractivity contribution in [1.82, 2.24) is 4.98 Å². The quantitative estimate of drug-likeness (QED) is 0.569. The van der Waals surface area contributed by atoms with Gasteiger partial charge in [0.2, 0.25) is 0 Å². The minimum absolute atomic E-state index is 0.297. The number of aromatic amines is 1. The first-order valence-electron chi connectivity index (χ1n) is 5.63. The van der Waals surface area contributed by atoms with Crippen LogP contribution in [0.3, 0.4) is 0 Å². The highest BCUT2D eigenvalue weighted by Crippen LogP contribution is 2.25. The van der Waals surface area contributed by atoms with Crippen LogP contribution in [0.4, 0.5) is 11.5 Å². The molecule has 0 unspecified atom stereocenters. The number of hydrogen-bond acceptors (Lipinski definition) is 4. The standard InChI is InChI=1S/C13H15N3O2/c1-2-18-13(17)10-7-11(16-12(10)15)8-4-3-5-9(14)6-8/h3-7,16H,2,14-15H2,1H3. The van der Waals surface area contributed by atoms with E-state index in [1.54, 1.807) is 25.1 Å². The zero-order chi connectivity index (χ0) is 13.1. The summed E-state index contributed by atoms with van der Waals surface area (Å²) in [6, 6.07) is 8.99. The molecule has 1 aromatic heterocycles. The summed E-state index contributed by atoms with van der Waals surface area (Å²) in [6.45, 7) is 2.07. The summed E-state index contributed by atoms with van der Waals surface area (Å²) >= 11 is 0. The fraction of sp³-hybridized carbons (Fsp3) is 0.154. The number of rotatable bonds is 3. The van der Waals surface area contributed by atoms with Crippen molar-refractivity contribution in [2.24, 2.45) is 0 Å². The van der Waals surface area contributed by atoms with Crippen molar-refractivity contribution < 1.29 is 9.53 Å². The smallest absolute Gasteiger partial charge is 0.341 e. The lowest BCUT2D eigenvalue weighted by molar-refractivity contribution is 0.0528. The number of carbonyl (C=O) groups is 1. The maximum absolute atomic E-state index is 11.6. The lowest BCUT2D eigenvalue weighted by Gasteiger charge is -1.99. The van der Waals surface area contributed by atoms with Gasteiger partial charge in [-0.1, -0.05) is 12.1 Å². The molecule has 2 rings (SSSR count). The summed E-state index contributed by atoms with van der Waals surface area (Å²) in [5, 5.41) is 0. The van der Waals surface area contributed by atoms with Gasteiger partial charge in [-0.2, -0.15) is 0 Å². The Hall–Kier alpha value is -2.43. The van der Waals surface area contributed by atoms with Gasteiger partial charge in [0.1, 0.15) is 11.4 Å². The molecule has 0 radical (unpaired) electrons. The van der Waals surface area contributed by atoms with E-state index in [0.717, 1.165) is 11.3 Å². The number of aromatic nitrogens is 1.